The molecule has 1 aliphatic rings. The summed E-state index contributed by atoms with van der Waals surface area (Å²) < 4.78 is 5.15. The number of carbonyl (C=O) groups is 1. The molecule has 1 N–H and O–H groups in total. The van der Waals surface area contributed by atoms with Crippen LogP contribution in [-0.2, 0) is 12.8 Å². The van der Waals surface area contributed by atoms with E-state index in [0.717, 1.165) is 24.3 Å². The van der Waals surface area contributed by atoms with Crippen LogP contribution < -0.4 is 10.1 Å². The summed E-state index contributed by atoms with van der Waals surface area (Å²) in [4.78, 5) is 12.3. The number of aryl methyl sites for hydroxylation is 2. The number of methoxy groups -OCH3 is 1. The maximum absolute atomic E-state index is 12.3. The second-order valence-electron chi connectivity index (χ2n) is 5.02. The van der Waals surface area contributed by atoms with Crippen molar-refractivity contribution in [2.75, 3.05) is 12.4 Å². The zero-order valence-electron chi connectivity index (χ0n) is 11.5. The van der Waals surface area contributed by atoms with Gasteiger partial charge in [0.05, 0.1) is 7.11 Å². The summed E-state index contributed by atoms with van der Waals surface area (Å²) in [5.74, 6) is 0.657. The van der Waals surface area contributed by atoms with Crippen LogP contribution in [-0.4, -0.2) is 13.0 Å². The van der Waals surface area contributed by atoms with E-state index in [1.165, 1.54) is 17.5 Å². The zero-order chi connectivity index (χ0) is 13.9. The monoisotopic (exact) mass is 267 g/mol. The van der Waals surface area contributed by atoms with Crippen molar-refractivity contribution in [3.05, 3.63) is 59.2 Å². The average molecular weight is 267 g/mol. The molecule has 0 fully saturated rings. The molecule has 0 bridgehead atoms. The summed E-state index contributed by atoms with van der Waals surface area (Å²) >= 11 is 0. The van der Waals surface area contributed by atoms with Gasteiger partial charge in [-0.05, 0) is 54.7 Å². The predicted molar refractivity (Wildman–Crippen MR) is 79.4 cm³/mol. The Labute approximate surface area is 118 Å². The smallest absolute Gasteiger partial charge is 0.255 e. The lowest BCUT2D eigenvalue weighted by Crippen LogP contribution is -2.12. The molecule has 3 rings (SSSR count). The van der Waals surface area contributed by atoms with Crippen LogP contribution in [0.5, 0.6) is 5.75 Å². The van der Waals surface area contributed by atoms with Gasteiger partial charge < -0.3 is 10.1 Å². The van der Waals surface area contributed by atoms with Gasteiger partial charge in [-0.25, -0.2) is 0 Å². The van der Waals surface area contributed by atoms with Crippen molar-refractivity contribution in [2.24, 2.45) is 0 Å². The second-order valence-corrected chi connectivity index (χ2v) is 5.02. The van der Waals surface area contributed by atoms with Crippen molar-refractivity contribution < 1.29 is 9.53 Å². The molecule has 1 aliphatic carbocycles. The molecule has 0 aliphatic heterocycles. The topological polar surface area (TPSA) is 38.3 Å². The Balaban J connectivity index is 1.79. The van der Waals surface area contributed by atoms with Crippen LogP contribution in [0, 0.1) is 0 Å². The maximum Gasteiger partial charge on any atom is 0.255 e. The van der Waals surface area contributed by atoms with E-state index in [9.17, 15) is 4.79 Å². The molecular formula is C17H17NO2. The minimum absolute atomic E-state index is 0.0760. The number of rotatable bonds is 3. The molecule has 2 aromatic rings. The number of hydrogen-bond acceptors (Lipinski definition) is 2. The minimum atomic E-state index is -0.0760. The van der Waals surface area contributed by atoms with Crippen LogP contribution in [0.4, 0.5) is 5.69 Å². The number of anilines is 1. The third-order valence-electron chi connectivity index (χ3n) is 3.69. The Hall–Kier alpha value is -2.29. The van der Waals surface area contributed by atoms with Gasteiger partial charge in [-0.3, -0.25) is 4.79 Å². The molecule has 102 valence electrons. The number of nitrogens with one attached hydrogen (secondary N) is 1. The van der Waals surface area contributed by atoms with E-state index < -0.39 is 0 Å². The molecular weight excluding hydrogens is 250 g/mol. The largest absolute Gasteiger partial charge is 0.497 e. The molecule has 3 nitrogen and oxygen atoms in total. The predicted octanol–water partition coefficient (Wildman–Crippen LogP) is 3.44. The highest BCUT2D eigenvalue weighted by Crippen LogP contribution is 2.23. The Bertz CT molecular complexity index is 649. The molecule has 0 radical (unpaired) electrons. The van der Waals surface area contributed by atoms with Gasteiger partial charge in [-0.2, -0.15) is 0 Å². The number of benzene rings is 2. The molecule has 0 atom stereocenters. The SMILES string of the molecule is COc1cccc(NC(=O)c2ccc3c(c2)CCC3)c1. The molecule has 20 heavy (non-hydrogen) atoms. The number of ether oxygens (including phenoxy) is 1. The van der Waals surface area contributed by atoms with Gasteiger partial charge in [-0.1, -0.05) is 12.1 Å². The quantitative estimate of drug-likeness (QED) is 0.925. The Kier molecular flexibility index (Phi) is 3.42. The summed E-state index contributed by atoms with van der Waals surface area (Å²) in [7, 11) is 1.61. The van der Waals surface area contributed by atoms with E-state index in [1.807, 2.05) is 36.4 Å². The first-order valence-electron chi connectivity index (χ1n) is 6.83. The van der Waals surface area contributed by atoms with Crippen molar-refractivity contribution in [3.63, 3.8) is 0 Å². The molecule has 2 aromatic carbocycles. The van der Waals surface area contributed by atoms with Gasteiger partial charge in [0.15, 0.2) is 0 Å². The first-order chi connectivity index (χ1) is 9.76. The molecule has 0 saturated heterocycles. The fourth-order valence-corrected chi connectivity index (χ4v) is 2.62. The summed E-state index contributed by atoms with van der Waals surface area (Å²) in [5, 5.41) is 2.91. The van der Waals surface area contributed by atoms with E-state index in [2.05, 4.69) is 11.4 Å². The number of hydrogen-bond donors (Lipinski definition) is 1. The molecule has 1 amide bonds. The van der Waals surface area contributed by atoms with Crippen LogP contribution >= 0.6 is 0 Å². The van der Waals surface area contributed by atoms with Crippen LogP contribution in [0.25, 0.3) is 0 Å². The van der Waals surface area contributed by atoms with E-state index in [0.29, 0.717) is 5.56 Å². The minimum Gasteiger partial charge on any atom is -0.497 e. The second kappa shape index (κ2) is 5.37. The van der Waals surface area contributed by atoms with Crippen LogP contribution in [0.2, 0.25) is 0 Å². The molecule has 3 heteroatoms. The molecule has 0 heterocycles. The van der Waals surface area contributed by atoms with Gasteiger partial charge in [-0.15, -0.1) is 0 Å². The number of fused-ring (bicyclic) bond motifs is 1. The molecule has 0 unspecified atom stereocenters. The maximum atomic E-state index is 12.3. The van der Waals surface area contributed by atoms with Crippen LogP contribution in [0.15, 0.2) is 42.5 Å². The highest BCUT2D eigenvalue weighted by molar-refractivity contribution is 6.04. The van der Waals surface area contributed by atoms with Gasteiger partial charge in [0.2, 0.25) is 0 Å². The van der Waals surface area contributed by atoms with E-state index in [1.54, 1.807) is 7.11 Å². The lowest BCUT2D eigenvalue weighted by Gasteiger charge is -2.08. The van der Waals surface area contributed by atoms with E-state index in [4.69, 9.17) is 4.74 Å². The van der Waals surface area contributed by atoms with Gasteiger partial charge in [0.1, 0.15) is 5.75 Å². The number of carbonyl (C=O) groups excluding carboxylic acids is 1. The molecule has 0 saturated carbocycles. The van der Waals surface area contributed by atoms with Crippen molar-refractivity contribution >= 4 is 11.6 Å². The molecule has 0 aromatic heterocycles. The fourth-order valence-electron chi connectivity index (χ4n) is 2.62. The fraction of sp³-hybridized carbons (Fsp3) is 0.235. The third kappa shape index (κ3) is 2.52. The average Bonchev–Trinajstić information content (AvgIpc) is 2.94. The Morgan fingerprint density at radius 1 is 1.10 bits per heavy atom. The van der Waals surface area contributed by atoms with E-state index in [-0.39, 0.29) is 5.91 Å². The van der Waals surface area contributed by atoms with Gasteiger partial charge in [0, 0.05) is 17.3 Å². The van der Waals surface area contributed by atoms with Crippen molar-refractivity contribution in [3.8, 4) is 5.75 Å². The Morgan fingerprint density at radius 3 is 2.80 bits per heavy atom. The summed E-state index contributed by atoms with van der Waals surface area (Å²) in [6.45, 7) is 0. The summed E-state index contributed by atoms with van der Waals surface area (Å²) in [6, 6.07) is 13.4. The Morgan fingerprint density at radius 2 is 1.95 bits per heavy atom. The van der Waals surface area contributed by atoms with Gasteiger partial charge in [0.25, 0.3) is 5.91 Å². The normalized spacial score (nSPS) is 12.8. The third-order valence-corrected chi connectivity index (χ3v) is 3.69. The highest BCUT2D eigenvalue weighted by atomic mass is 16.5. The lowest BCUT2D eigenvalue weighted by molar-refractivity contribution is 0.102. The standard InChI is InChI=1S/C17H17NO2/c1-20-16-7-3-6-15(11-16)18-17(19)14-9-8-12-4-2-5-13(12)10-14/h3,6-11H,2,4-5H2,1H3,(H,18,19). The number of amides is 1. The van der Waals surface area contributed by atoms with Crippen molar-refractivity contribution in [1.82, 2.24) is 0 Å². The first kappa shape index (κ1) is 12.7. The van der Waals surface area contributed by atoms with Crippen molar-refractivity contribution in [1.29, 1.82) is 0 Å². The van der Waals surface area contributed by atoms with Gasteiger partial charge >= 0.3 is 0 Å². The van der Waals surface area contributed by atoms with Crippen LogP contribution in [0.1, 0.15) is 27.9 Å². The first-order valence-corrected chi connectivity index (χ1v) is 6.83. The zero-order valence-corrected chi connectivity index (χ0v) is 11.5. The summed E-state index contributed by atoms with van der Waals surface area (Å²) in [6.07, 6.45) is 3.40. The highest BCUT2D eigenvalue weighted by Gasteiger charge is 2.14. The summed E-state index contributed by atoms with van der Waals surface area (Å²) in [5.41, 5.74) is 4.15. The van der Waals surface area contributed by atoms with Crippen molar-refractivity contribution in [2.45, 2.75) is 19.3 Å². The lowest BCUT2D eigenvalue weighted by atomic mass is 10.1. The molecule has 0 spiro atoms. The van der Waals surface area contributed by atoms with E-state index >= 15 is 0 Å². The van der Waals surface area contributed by atoms with Crippen LogP contribution in [0.3, 0.4) is 0 Å².